The van der Waals surface area contributed by atoms with Crippen molar-refractivity contribution >= 4 is 0 Å². The van der Waals surface area contributed by atoms with Crippen molar-refractivity contribution in [2.45, 2.75) is 51.6 Å². The topological polar surface area (TPSA) is 38.9 Å². The molecule has 5 nitrogen and oxygen atoms in total. The third-order valence-electron chi connectivity index (χ3n) is 5.40. The van der Waals surface area contributed by atoms with Crippen molar-refractivity contribution in [3.63, 3.8) is 0 Å². The fraction of sp³-hybridized carbons (Fsp3) is 0.667. The zero-order valence-electron chi connectivity index (χ0n) is 14.3. The standard InChI is InChI=1S/C18H27N5/c1-14-19-7-9-23(14)12-15-4-3-8-22(11-15)13-17-10-20-21(2)18(17)16-5-6-16/h7,9-10,15-16H,3-6,8,11-13H2,1-2H3/t15-/m1/s1. The molecule has 2 fully saturated rings. The van der Waals surface area contributed by atoms with Crippen LogP contribution in [0.5, 0.6) is 0 Å². The Kier molecular flexibility index (Phi) is 3.97. The van der Waals surface area contributed by atoms with Crippen molar-refractivity contribution < 1.29 is 0 Å². The Labute approximate surface area is 138 Å². The lowest BCUT2D eigenvalue weighted by atomic mass is 9.97. The molecular weight excluding hydrogens is 286 g/mol. The third-order valence-corrected chi connectivity index (χ3v) is 5.40. The molecule has 1 saturated carbocycles. The summed E-state index contributed by atoms with van der Waals surface area (Å²) in [4.78, 5) is 6.98. The molecule has 0 unspecified atom stereocenters. The average molecular weight is 313 g/mol. The summed E-state index contributed by atoms with van der Waals surface area (Å²) in [5, 5.41) is 4.51. The van der Waals surface area contributed by atoms with Crippen molar-refractivity contribution in [2.24, 2.45) is 13.0 Å². The normalized spacial score (nSPS) is 22.6. The van der Waals surface area contributed by atoms with Crippen molar-refractivity contribution in [1.29, 1.82) is 0 Å². The molecule has 0 bridgehead atoms. The fourth-order valence-corrected chi connectivity index (χ4v) is 4.06. The molecule has 0 N–H and O–H groups in total. The molecule has 3 heterocycles. The van der Waals surface area contributed by atoms with Gasteiger partial charge in [0.2, 0.25) is 0 Å². The minimum Gasteiger partial charge on any atom is -0.335 e. The number of aryl methyl sites for hydroxylation is 2. The number of hydrogen-bond acceptors (Lipinski definition) is 3. The van der Waals surface area contributed by atoms with E-state index in [9.17, 15) is 0 Å². The lowest BCUT2D eigenvalue weighted by Crippen LogP contribution is -2.36. The van der Waals surface area contributed by atoms with Crippen LogP contribution in [0.1, 0.15) is 48.7 Å². The Hall–Kier alpha value is -1.62. The Morgan fingerprint density at radius 3 is 2.87 bits per heavy atom. The minimum atomic E-state index is 0.734. The zero-order valence-corrected chi connectivity index (χ0v) is 14.3. The van der Waals surface area contributed by atoms with E-state index in [0.717, 1.165) is 30.7 Å². The van der Waals surface area contributed by atoms with Crippen molar-refractivity contribution in [1.82, 2.24) is 24.2 Å². The van der Waals surface area contributed by atoms with Crippen LogP contribution in [0.15, 0.2) is 18.6 Å². The van der Waals surface area contributed by atoms with Crippen molar-refractivity contribution in [3.8, 4) is 0 Å². The van der Waals surface area contributed by atoms with Gasteiger partial charge in [0.25, 0.3) is 0 Å². The summed E-state index contributed by atoms with van der Waals surface area (Å²) in [5.74, 6) is 2.63. The predicted octanol–water partition coefficient (Wildman–Crippen LogP) is 2.71. The molecule has 0 radical (unpaired) electrons. The molecule has 0 aromatic carbocycles. The Bertz CT molecular complexity index is 667. The first-order valence-corrected chi connectivity index (χ1v) is 8.91. The van der Waals surface area contributed by atoms with Crippen LogP contribution in [-0.4, -0.2) is 37.3 Å². The maximum Gasteiger partial charge on any atom is 0.105 e. The SMILES string of the molecule is Cc1nccn1C[C@@H]1CCCN(Cc2cnn(C)c2C2CC2)C1. The van der Waals surface area contributed by atoms with Gasteiger partial charge in [-0.15, -0.1) is 0 Å². The van der Waals surface area contributed by atoms with Crippen LogP contribution in [0.4, 0.5) is 0 Å². The largest absolute Gasteiger partial charge is 0.335 e. The van der Waals surface area contributed by atoms with Crippen LogP contribution < -0.4 is 0 Å². The first kappa shape index (κ1) is 14.9. The van der Waals surface area contributed by atoms with E-state index in [0.29, 0.717) is 0 Å². The fourth-order valence-electron chi connectivity index (χ4n) is 4.06. The highest BCUT2D eigenvalue weighted by Gasteiger charge is 2.30. The second kappa shape index (κ2) is 6.11. The molecule has 0 amide bonds. The van der Waals surface area contributed by atoms with E-state index >= 15 is 0 Å². The van der Waals surface area contributed by atoms with Crippen LogP contribution in [0, 0.1) is 12.8 Å². The van der Waals surface area contributed by atoms with Crippen LogP contribution in [0.3, 0.4) is 0 Å². The number of piperidine rings is 1. The Morgan fingerprint density at radius 2 is 2.13 bits per heavy atom. The molecule has 1 atom stereocenters. The van der Waals surface area contributed by atoms with Gasteiger partial charge in [-0.25, -0.2) is 4.98 Å². The summed E-state index contributed by atoms with van der Waals surface area (Å²) in [5.41, 5.74) is 2.94. The minimum absolute atomic E-state index is 0.734. The predicted molar refractivity (Wildman–Crippen MR) is 90.1 cm³/mol. The van der Waals surface area contributed by atoms with Crippen molar-refractivity contribution in [3.05, 3.63) is 35.7 Å². The van der Waals surface area contributed by atoms with E-state index < -0.39 is 0 Å². The average Bonchev–Trinajstić information content (AvgIpc) is 3.20. The van der Waals surface area contributed by atoms with Gasteiger partial charge in [-0.3, -0.25) is 9.58 Å². The maximum atomic E-state index is 4.51. The second-order valence-corrected chi connectivity index (χ2v) is 7.32. The summed E-state index contributed by atoms with van der Waals surface area (Å²) >= 11 is 0. The van der Waals surface area contributed by atoms with E-state index in [1.54, 1.807) is 0 Å². The van der Waals surface area contributed by atoms with Crippen LogP contribution in [-0.2, 0) is 20.1 Å². The van der Waals surface area contributed by atoms with Gasteiger partial charge < -0.3 is 4.57 Å². The molecular formula is C18H27N5. The summed E-state index contributed by atoms with van der Waals surface area (Å²) in [7, 11) is 2.10. The van der Waals surface area contributed by atoms with Crippen molar-refractivity contribution in [2.75, 3.05) is 13.1 Å². The molecule has 5 heteroatoms. The molecule has 124 valence electrons. The lowest BCUT2D eigenvalue weighted by molar-refractivity contribution is 0.155. The molecule has 2 aromatic heterocycles. The molecule has 2 aliphatic rings. The highest BCUT2D eigenvalue weighted by Crippen LogP contribution is 2.41. The van der Waals surface area contributed by atoms with Gasteiger partial charge in [-0.05, 0) is 45.1 Å². The molecule has 0 spiro atoms. The van der Waals surface area contributed by atoms with Gasteiger partial charge in [-0.2, -0.15) is 5.10 Å². The maximum absolute atomic E-state index is 4.51. The quantitative estimate of drug-likeness (QED) is 0.852. The van der Waals surface area contributed by atoms with Crippen LogP contribution >= 0.6 is 0 Å². The highest BCUT2D eigenvalue weighted by atomic mass is 15.3. The monoisotopic (exact) mass is 313 g/mol. The highest BCUT2D eigenvalue weighted by molar-refractivity contribution is 5.25. The Balaban J connectivity index is 1.41. The number of likely N-dealkylation sites (tertiary alicyclic amines) is 1. The number of nitrogens with zero attached hydrogens (tertiary/aromatic N) is 5. The van der Waals surface area contributed by atoms with E-state index in [2.05, 4.69) is 50.6 Å². The lowest BCUT2D eigenvalue weighted by Gasteiger charge is -2.33. The van der Waals surface area contributed by atoms with Gasteiger partial charge in [0.15, 0.2) is 0 Å². The third kappa shape index (κ3) is 3.20. The summed E-state index contributed by atoms with van der Waals surface area (Å²) in [6.45, 7) is 6.68. The molecule has 1 aliphatic carbocycles. The first-order valence-electron chi connectivity index (χ1n) is 8.91. The van der Waals surface area contributed by atoms with Gasteiger partial charge in [0.05, 0.1) is 6.20 Å². The van der Waals surface area contributed by atoms with Gasteiger partial charge in [0.1, 0.15) is 5.82 Å². The summed E-state index contributed by atoms with van der Waals surface area (Å²) in [6.07, 6.45) is 11.4. The number of aromatic nitrogens is 4. The van der Waals surface area contributed by atoms with Crippen LogP contribution in [0.25, 0.3) is 0 Å². The summed E-state index contributed by atoms with van der Waals surface area (Å²) < 4.78 is 4.40. The molecule has 23 heavy (non-hydrogen) atoms. The zero-order chi connectivity index (χ0) is 15.8. The number of hydrogen-bond donors (Lipinski definition) is 0. The van der Waals surface area contributed by atoms with E-state index in [4.69, 9.17) is 0 Å². The van der Waals surface area contributed by atoms with Gasteiger partial charge in [0, 0.05) is 56.3 Å². The van der Waals surface area contributed by atoms with E-state index in [1.807, 2.05) is 6.20 Å². The number of rotatable bonds is 5. The molecule has 2 aromatic rings. The Morgan fingerprint density at radius 1 is 1.26 bits per heavy atom. The number of imidazole rings is 1. The molecule has 1 aliphatic heterocycles. The first-order chi connectivity index (χ1) is 11.2. The van der Waals surface area contributed by atoms with Crippen LogP contribution in [0.2, 0.25) is 0 Å². The summed E-state index contributed by atoms with van der Waals surface area (Å²) in [6, 6.07) is 0. The smallest absolute Gasteiger partial charge is 0.105 e. The van der Waals surface area contributed by atoms with E-state index in [-0.39, 0.29) is 0 Å². The van der Waals surface area contributed by atoms with E-state index in [1.165, 1.54) is 50.0 Å². The molecule has 4 rings (SSSR count). The van der Waals surface area contributed by atoms with Gasteiger partial charge in [-0.1, -0.05) is 0 Å². The second-order valence-electron chi connectivity index (χ2n) is 7.32. The van der Waals surface area contributed by atoms with Gasteiger partial charge >= 0.3 is 0 Å². The molecule has 1 saturated heterocycles.